The largest absolute Gasteiger partial charge is 0.345 e. The van der Waals surface area contributed by atoms with Crippen LogP contribution in [0.5, 0.6) is 0 Å². The van der Waals surface area contributed by atoms with E-state index >= 15 is 0 Å². The number of nitrogens with zero attached hydrogens (tertiary/aromatic N) is 4. The summed E-state index contributed by atoms with van der Waals surface area (Å²) in [7, 11) is 0. The summed E-state index contributed by atoms with van der Waals surface area (Å²) in [5.41, 5.74) is 6.39. The highest BCUT2D eigenvalue weighted by Crippen LogP contribution is 2.37. The van der Waals surface area contributed by atoms with Crippen LogP contribution in [0, 0.1) is 6.92 Å². The second kappa shape index (κ2) is 8.44. The van der Waals surface area contributed by atoms with Crippen LogP contribution in [-0.2, 0) is 16.0 Å². The zero-order valence-electron chi connectivity index (χ0n) is 17.3. The van der Waals surface area contributed by atoms with Crippen molar-refractivity contribution in [2.45, 2.75) is 13.3 Å². The van der Waals surface area contributed by atoms with Gasteiger partial charge in [-0.3, -0.25) is 24.3 Å². The van der Waals surface area contributed by atoms with Crippen molar-refractivity contribution in [3.8, 4) is 0 Å². The molecule has 0 saturated heterocycles. The molecule has 0 unspecified atom stereocenters. The standard InChI is InChI=1S/C23H16BrN5O2.2ClH/c1-12-9-15(24)21-26-10-16(29(21)11-12)17-18(23(31)27-22(17)30)19-14-4-2-3-13-5-7-28(20(13)14)8-6-25-19;;/h2-4,6,8-11H,5,7H2,1H3,(H,27,30,31);2*1H. The normalized spacial score (nSPS) is 16.3. The van der Waals surface area contributed by atoms with E-state index in [-0.39, 0.29) is 36.0 Å². The molecule has 0 spiro atoms. The summed E-state index contributed by atoms with van der Waals surface area (Å²) in [5, 5.41) is 2.47. The van der Waals surface area contributed by atoms with Gasteiger partial charge in [0.2, 0.25) is 0 Å². The number of carbonyl (C=O) groups excluding carboxylic acids is 2. The van der Waals surface area contributed by atoms with Gasteiger partial charge >= 0.3 is 0 Å². The fourth-order valence-corrected chi connectivity index (χ4v) is 5.22. The van der Waals surface area contributed by atoms with Gasteiger partial charge in [0.1, 0.15) is 0 Å². The Labute approximate surface area is 210 Å². The summed E-state index contributed by atoms with van der Waals surface area (Å²) < 4.78 is 2.65. The van der Waals surface area contributed by atoms with E-state index in [0.717, 1.165) is 34.3 Å². The number of benzene rings is 1. The molecule has 5 heterocycles. The fraction of sp³-hybridized carbons (Fsp3) is 0.130. The molecule has 6 rings (SSSR count). The molecule has 168 valence electrons. The number of nitrogens with one attached hydrogen (secondary N) is 1. The molecule has 10 heteroatoms. The van der Waals surface area contributed by atoms with Crippen LogP contribution in [0.2, 0.25) is 0 Å². The summed E-state index contributed by atoms with van der Waals surface area (Å²) in [6, 6.07) is 7.99. The molecule has 3 aliphatic heterocycles. The zero-order valence-corrected chi connectivity index (χ0v) is 20.6. The number of rotatable bonds is 2. The lowest BCUT2D eigenvalue weighted by Gasteiger charge is -2.17. The van der Waals surface area contributed by atoms with Crippen molar-refractivity contribution in [2.75, 3.05) is 11.4 Å². The number of anilines is 1. The number of halogens is 3. The van der Waals surface area contributed by atoms with Crippen molar-refractivity contribution in [3.05, 3.63) is 81.5 Å². The van der Waals surface area contributed by atoms with Gasteiger partial charge in [-0.25, -0.2) is 4.98 Å². The van der Waals surface area contributed by atoms with E-state index in [9.17, 15) is 9.59 Å². The summed E-state index contributed by atoms with van der Waals surface area (Å²) in [6.45, 7) is 2.83. The molecule has 3 aromatic rings. The monoisotopic (exact) mass is 545 g/mol. The summed E-state index contributed by atoms with van der Waals surface area (Å²) in [4.78, 5) is 37.2. The summed E-state index contributed by atoms with van der Waals surface area (Å²) in [5.74, 6) is -0.891. The van der Waals surface area contributed by atoms with Crippen LogP contribution in [0.1, 0.15) is 22.4 Å². The maximum absolute atomic E-state index is 13.0. The molecule has 0 aliphatic carbocycles. The molecule has 7 nitrogen and oxygen atoms in total. The first-order valence-electron chi connectivity index (χ1n) is 9.90. The average Bonchev–Trinajstić information content (AvgIpc) is 3.37. The molecule has 0 bridgehead atoms. The number of aromatic nitrogens is 2. The van der Waals surface area contributed by atoms with Crippen molar-refractivity contribution < 1.29 is 9.59 Å². The molecule has 3 aliphatic rings. The van der Waals surface area contributed by atoms with Gasteiger partial charge in [-0.05, 0) is 46.5 Å². The van der Waals surface area contributed by atoms with Gasteiger partial charge in [-0.15, -0.1) is 24.8 Å². The fourth-order valence-electron chi connectivity index (χ4n) is 4.57. The van der Waals surface area contributed by atoms with Crippen LogP contribution in [0.15, 0.2) is 64.1 Å². The van der Waals surface area contributed by atoms with E-state index in [4.69, 9.17) is 0 Å². The van der Waals surface area contributed by atoms with E-state index in [1.165, 1.54) is 5.56 Å². The van der Waals surface area contributed by atoms with E-state index in [0.29, 0.717) is 17.1 Å². The molecule has 2 amide bonds. The van der Waals surface area contributed by atoms with Gasteiger partial charge in [-0.1, -0.05) is 18.2 Å². The Morgan fingerprint density at radius 1 is 1.12 bits per heavy atom. The average molecular weight is 547 g/mol. The summed E-state index contributed by atoms with van der Waals surface area (Å²) >= 11 is 3.54. The third kappa shape index (κ3) is 3.40. The Morgan fingerprint density at radius 3 is 2.73 bits per heavy atom. The lowest BCUT2D eigenvalue weighted by atomic mass is 9.94. The molecule has 0 saturated carbocycles. The summed E-state index contributed by atoms with van der Waals surface area (Å²) in [6.07, 6.45) is 8.08. The molecular weight excluding hydrogens is 529 g/mol. The first kappa shape index (κ1) is 23.2. The third-order valence-electron chi connectivity index (χ3n) is 5.86. The van der Waals surface area contributed by atoms with Crippen molar-refractivity contribution >= 4 is 75.2 Å². The van der Waals surface area contributed by atoms with E-state index < -0.39 is 11.8 Å². The molecule has 1 aromatic carbocycles. The Hall–Kier alpha value is -2.94. The smallest absolute Gasteiger partial charge is 0.261 e. The minimum absolute atomic E-state index is 0. The maximum Gasteiger partial charge on any atom is 0.261 e. The Bertz CT molecular complexity index is 1440. The van der Waals surface area contributed by atoms with Gasteiger partial charge in [0.05, 0.1) is 38.9 Å². The lowest BCUT2D eigenvalue weighted by molar-refractivity contribution is -0.123. The molecule has 0 fully saturated rings. The second-order valence-corrected chi connectivity index (χ2v) is 8.62. The van der Waals surface area contributed by atoms with E-state index in [1.54, 1.807) is 12.4 Å². The van der Waals surface area contributed by atoms with Crippen LogP contribution in [0.4, 0.5) is 5.69 Å². The zero-order chi connectivity index (χ0) is 21.3. The first-order valence-corrected chi connectivity index (χ1v) is 10.7. The Balaban J connectivity index is 0.00000130. The van der Waals surface area contributed by atoms with Gasteiger partial charge in [0, 0.05) is 30.7 Å². The molecule has 0 atom stereocenters. The highest BCUT2D eigenvalue weighted by atomic mass is 79.9. The van der Waals surface area contributed by atoms with Crippen LogP contribution < -0.4 is 10.2 Å². The SMILES string of the molecule is Cc1cc(Br)c2ncc(C3=C(C4=NC=CN5CCc6cccc4c65)C(=O)NC3=O)n2c1.Cl.Cl. The minimum atomic E-state index is -0.446. The topological polar surface area (TPSA) is 79.1 Å². The predicted octanol–water partition coefficient (Wildman–Crippen LogP) is 4.00. The van der Waals surface area contributed by atoms with Crippen molar-refractivity contribution in [1.29, 1.82) is 0 Å². The van der Waals surface area contributed by atoms with E-state index in [2.05, 4.69) is 42.2 Å². The number of fused-ring (bicyclic) bond motifs is 1. The maximum atomic E-state index is 13.0. The molecule has 33 heavy (non-hydrogen) atoms. The van der Waals surface area contributed by atoms with Gasteiger partial charge in [-0.2, -0.15) is 0 Å². The van der Waals surface area contributed by atoms with Crippen LogP contribution >= 0.6 is 40.7 Å². The Morgan fingerprint density at radius 2 is 1.91 bits per heavy atom. The van der Waals surface area contributed by atoms with Crippen molar-refractivity contribution in [2.24, 2.45) is 4.99 Å². The van der Waals surface area contributed by atoms with E-state index in [1.807, 2.05) is 41.9 Å². The number of imidazole rings is 1. The quantitative estimate of drug-likeness (QED) is 0.493. The first-order chi connectivity index (χ1) is 15.0. The third-order valence-corrected chi connectivity index (χ3v) is 6.44. The number of carbonyl (C=O) groups is 2. The number of para-hydroxylation sites is 1. The minimum Gasteiger partial charge on any atom is -0.345 e. The molecule has 0 radical (unpaired) electrons. The number of amides is 2. The number of hydrogen-bond donors (Lipinski definition) is 1. The van der Waals surface area contributed by atoms with Crippen LogP contribution in [0.25, 0.3) is 11.2 Å². The number of hydrogen-bond acceptors (Lipinski definition) is 5. The Kier molecular flexibility index (Phi) is 5.94. The van der Waals surface area contributed by atoms with Crippen molar-refractivity contribution in [3.63, 3.8) is 0 Å². The van der Waals surface area contributed by atoms with Gasteiger partial charge in [0.15, 0.2) is 5.65 Å². The number of pyridine rings is 1. The molecular formula is C23H18BrCl2N5O2. The van der Waals surface area contributed by atoms with Gasteiger partial charge in [0.25, 0.3) is 11.8 Å². The second-order valence-electron chi connectivity index (χ2n) is 7.77. The number of imide groups is 1. The highest BCUT2D eigenvalue weighted by molar-refractivity contribution is 9.10. The van der Waals surface area contributed by atoms with Crippen LogP contribution in [0.3, 0.4) is 0 Å². The van der Waals surface area contributed by atoms with Crippen molar-refractivity contribution in [1.82, 2.24) is 14.7 Å². The molecule has 2 aromatic heterocycles. The number of aryl methyl sites for hydroxylation is 1. The van der Waals surface area contributed by atoms with Crippen LogP contribution in [-0.4, -0.2) is 33.5 Å². The van der Waals surface area contributed by atoms with Gasteiger partial charge < -0.3 is 4.90 Å². The predicted molar refractivity (Wildman–Crippen MR) is 135 cm³/mol. The highest BCUT2D eigenvalue weighted by Gasteiger charge is 2.38. The number of aliphatic imine (C=N–C) groups is 1. The molecule has 1 N–H and O–H groups in total. The lowest BCUT2D eigenvalue weighted by Crippen LogP contribution is -2.25.